The van der Waals surface area contributed by atoms with Gasteiger partial charge in [0.05, 0.1) is 0 Å². The molecule has 0 saturated carbocycles. The Bertz CT molecular complexity index is 423. The van der Waals surface area contributed by atoms with Crippen LogP contribution in [0.15, 0.2) is 24.3 Å². The Kier molecular flexibility index (Phi) is 3.86. The normalized spacial score (nSPS) is 17.7. The summed E-state index contributed by atoms with van der Waals surface area (Å²) < 4.78 is 5.33. The molecule has 1 fully saturated rings. The zero-order valence-corrected chi connectivity index (χ0v) is 11.5. The van der Waals surface area contributed by atoms with Crippen molar-refractivity contribution in [3.8, 4) is 0 Å². The predicted molar refractivity (Wildman–Crippen MR) is 73.0 cm³/mol. The summed E-state index contributed by atoms with van der Waals surface area (Å²) in [4.78, 5) is 12.6. The first kappa shape index (κ1) is 13.3. The standard InChI is InChI=1S/C16H22O2/c1-16(2,3)14-7-5-4-6-13(14)15(17)12-8-10-18-11-9-12/h4-7,12H,8-11H2,1-3H3. The van der Waals surface area contributed by atoms with E-state index in [2.05, 4.69) is 26.8 Å². The van der Waals surface area contributed by atoms with Gasteiger partial charge in [0, 0.05) is 24.7 Å². The van der Waals surface area contributed by atoms with E-state index in [9.17, 15) is 4.79 Å². The van der Waals surface area contributed by atoms with E-state index in [0.717, 1.165) is 24.0 Å². The third-order valence-corrected chi connectivity index (χ3v) is 3.59. The molecule has 1 aliphatic rings. The summed E-state index contributed by atoms with van der Waals surface area (Å²) in [7, 11) is 0. The molecule has 1 aromatic carbocycles. The Labute approximate surface area is 109 Å². The molecule has 1 saturated heterocycles. The Hall–Kier alpha value is -1.15. The summed E-state index contributed by atoms with van der Waals surface area (Å²) >= 11 is 0. The first-order valence-electron chi connectivity index (χ1n) is 6.71. The van der Waals surface area contributed by atoms with Crippen LogP contribution < -0.4 is 0 Å². The van der Waals surface area contributed by atoms with Gasteiger partial charge in [-0.1, -0.05) is 45.0 Å². The minimum Gasteiger partial charge on any atom is -0.381 e. The van der Waals surface area contributed by atoms with Gasteiger partial charge >= 0.3 is 0 Å². The lowest BCUT2D eigenvalue weighted by molar-refractivity contribution is 0.0543. The fourth-order valence-corrected chi connectivity index (χ4v) is 2.53. The van der Waals surface area contributed by atoms with Gasteiger partial charge in [0.2, 0.25) is 0 Å². The Morgan fingerprint density at radius 2 is 1.78 bits per heavy atom. The highest BCUT2D eigenvalue weighted by atomic mass is 16.5. The van der Waals surface area contributed by atoms with Crippen LogP contribution >= 0.6 is 0 Å². The molecule has 0 radical (unpaired) electrons. The lowest BCUT2D eigenvalue weighted by Crippen LogP contribution is -2.26. The van der Waals surface area contributed by atoms with Crippen molar-refractivity contribution in [3.05, 3.63) is 35.4 Å². The summed E-state index contributed by atoms with van der Waals surface area (Å²) in [5.74, 6) is 0.436. The minimum atomic E-state index is 0.0113. The molecule has 0 amide bonds. The highest BCUT2D eigenvalue weighted by Gasteiger charge is 2.27. The fourth-order valence-electron chi connectivity index (χ4n) is 2.53. The quantitative estimate of drug-likeness (QED) is 0.745. The molecule has 0 N–H and O–H groups in total. The van der Waals surface area contributed by atoms with Crippen molar-refractivity contribution in [2.45, 2.75) is 39.0 Å². The van der Waals surface area contributed by atoms with E-state index in [-0.39, 0.29) is 11.3 Å². The van der Waals surface area contributed by atoms with Crippen LogP contribution in [-0.4, -0.2) is 19.0 Å². The Balaban J connectivity index is 2.30. The van der Waals surface area contributed by atoms with Crippen molar-refractivity contribution in [2.24, 2.45) is 5.92 Å². The van der Waals surface area contributed by atoms with Crippen molar-refractivity contribution in [2.75, 3.05) is 13.2 Å². The van der Waals surface area contributed by atoms with Crippen LogP contribution in [0.4, 0.5) is 0 Å². The predicted octanol–water partition coefficient (Wildman–Crippen LogP) is 3.59. The maximum Gasteiger partial charge on any atom is 0.166 e. The molecule has 0 unspecified atom stereocenters. The second-order valence-electron chi connectivity index (χ2n) is 6.05. The smallest absolute Gasteiger partial charge is 0.166 e. The average molecular weight is 246 g/mol. The van der Waals surface area contributed by atoms with E-state index in [4.69, 9.17) is 4.74 Å². The van der Waals surface area contributed by atoms with E-state index in [1.54, 1.807) is 0 Å². The summed E-state index contributed by atoms with van der Waals surface area (Å²) in [6.07, 6.45) is 1.72. The van der Waals surface area contributed by atoms with E-state index in [1.165, 1.54) is 0 Å². The van der Waals surface area contributed by atoms with E-state index < -0.39 is 0 Å². The van der Waals surface area contributed by atoms with E-state index in [0.29, 0.717) is 19.0 Å². The van der Waals surface area contributed by atoms with Crippen LogP contribution in [0.3, 0.4) is 0 Å². The minimum absolute atomic E-state index is 0.0113. The Morgan fingerprint density at radius 3 is 2.39 bits per heavy atom. The molecule has 98 valence electrons. The second kappa shape index (κ2) is 5.23. The van der Waals surface area contributed by atoms with Crippen LogP contribution in [-0.2, 0) is 10.2 Å². The maximum absolute atomic E-state index is 12.6. The molecule has 0 aromatic heterocycles. The number of hydrogen-bond acceptors (Lipinski definition) is 2. The van der Waals surface area contributed by atoms with Gasteiger partial charge in [-0.25, -0.2) is 0 Å². The number of Topliss-reactive ketones (excluding diaryl/α,β-unsaturated/α-hetero) is 1. The number of benzene rings is 1. The molecule has 0 aliphatic carbocycles. The molecule has 18 heavy (non-hydrogen) atoms. The SMILES string of the molecule is CC(C)(C)c1ccccc1C(=O)C1CCOCC1. The van der Waals surface area contributed by atoms with Crippen LogP contribution in [0.2, 0.25) is 0 Å². The topological polar surface area (TPSA) is 26.3 Å². The molecule has 2 nitrogen and oxygen atoms in total. The van der Waals surface area contributed by atoms with Gasteiger partial charge in [-0.15, -0.1) is 0 Å². The first-order valence-corrected chi connectivity index (χ1v) is 6.71. The van der Waals surface area contributed by atoms with Gasteiger partial charge in [0.15, 0.2) is 5.78 Å². The lowest BCUT2D eigenvalue weighted by Gasteiger charge is -2.26. The molecular formula is C16H22O2. The van der Waals surface area contributed by atoms with Gasteiger partial charge in [0.1, 0.15) is 0 Å². The number of carbonyl (C=O) groups excluding carboxylic acids is 1. The third-order valence-electron chi connectivity index (χ3n) is 3.59. The van der Waals surface area contributed by atoms with Crippen LogP contribution in [0, 0.1) is 5.92 Å². The largest absolute Gasteiger partial charge is 0.381 e. The summed E-state index contributed by atoms with van der Waals surface area (Å²) in [5.41, 5.74) is 2.07. The van der Waals surface area contributed by atoms with Crippen molar-refractivity contribution >= 4 is 5.78 Å². The number of rotatable bonds is 2. The first-order chi connectivity index (χ1) is 8.50. The van der Waals surface area contributed by atoms with Crippen molar-refractivity contribution < 1.29 is 9.53 Å². The highest BCUT2D eigenvalue weighted by molar-refractivity contribution is 5.99. The number of hydrogen-bond donors (Lipinski definition) is 0. The third kappa shape index (κ3) is 2.81. The zero-order valence-electron chi connectivity index (χ0n) is 11.5. The molecule has 1 heterocycles. The van der Waals surface area contributed by atoms with Crippen LogP contribution in [0.5, 0.6) is 0 Å². The van der Waals surface area contributed by atoms with Gasteiger partial charge in [-0.2, -0.15) is 0 Å². The second-order valence-corrected chi connectivity index (χ2v) is 6.05. The fraction of sp³-hybridized carbons (Fsp3) is 0.562. The number of ether oxygens (including phenoxy) is 1. The Morgan fingerprint density at radius 1 is 1.17 bits per heavy atom. The van der Waals surface area contributed by atoms with Gasteiger partial charge in [0.25, 0.3) is 0 Å². The zero-order chi connectivity index (χ0) is 13.2. The molecule has 2 heteroatoms. The molecule has 2 rings (SSSR count). The molecular weight excluding hydrogens is 224 g/mol. The monoisotopic (exact) mass is 246 g/mol. The molecule has 1 aromatic rings. The van der Waals surface area contributed by atoms with Gasteiger partial charge < -0.3 is 4.74 Å². The number of carbonyl (C=O) groups is 1. The molecule has 0 atom stereocenters. The molecule has 0 spiro atoms. The average Bonchev–Trinajstić information content (AvgIpc) is 2.38. The van der Waals surface area contributed by atoms with E-state index >= 15 is 0 Å². The van der Waals surface area contributed by atoms with Crippen molar-refractivity contribution in [1.82, 2.24) is 0 Å². The summed E-state index contributed by atoms with van der Waals surface area (Å²) in [5, 5.41) is 0. The van der Waals surface area contributed by atoms with Crippen molar-refractivity contribution in [3.63, 3.8) is 0 Å². The number of ketones is 1. The van der Waals surface area contributed by atoms with Gasteiger partial charge in [-0.05, 0) is 23.8 Å². The van der Waals surface area contributed by atoms with Crippen LogP contribution in [0.1, 0.15) is 49.5 Å². The van der Waals surface area contributed by atoms with Crippen molar-refractivity contribution in [1.29, 1.82) is 0 Å². The molecule has 0 bridgehead atoms. The van der Waals surface area contributed by atoms with Crippen LogP contribution in [0.25, 0.3) is 0 Å². The highest BCUT2D eigenvalue weighted by Crippen LogP contribution is 2.29. The van der Waals surface area contributed by atoms with Gasteiger partial charge in [-0.3, -0.25) is 4.79 Å². The maximum atomic E-state index is 12.6. The summed E-state index contributed by atoms with van der Waals surface area (Å²) in [6.45, 7) is 7.90. The summed E-state index contributed by atoms with van der Waals surface area (Å²) in [6, 6.07) is 8.02. The lowest BCUT2D eigenvalue weighted by atomic mass is 9.79. The molecule has 1 aliphatic heterocycles. The van der Waals surface area contributed by atoms with E-state index in [1.807, 2.05) is 18.2 Å².